The number of aliphatic hydroxyl groups excluding tert-OH is 1. The van der Waals surface area contributed by atoms with Crippen LogP contribution < -0.4 is 5.73 Å². The molecule has 5 heteroatoms. The zero-order chi connectivity index (χ0) is 19.3. The fourth-order valence-electron chi connectivity index (χ4n) is 7.70. The number of nitrogens with two attached hydrogens (primary N) is 1. The van der Waals surface area contributed by atoms with Gasteiger partial charge in [0.05, 0.1) is 11.7 Å². The highest BCUT2D eigenvalue weighted by Gasteiger charge is 2.66. The normalized spacial score (nSPS) is 52.3. The van der Waals surface area contributed by atoms with Crippen molar-refractivity contribution in [2.45, 2.75) is 83.3 Å². The first-order valence-corrected chi connectivity index (χ1v) is 11.1. The number of rotatable bonds is 4. The van der Waals surface area contributed by atoms with E-state index in [1.165, 1.54) is 6.42 Å². The fraction of sp³-hybridized carbons (Fsp3) is 0.955. The number of fused-ring (bicyclic) bond motifs is 5. The minimum atomic E-state index is -0.593. The minimum Gasteiger partial charge on any atom is -0.395 e. The molecule has 0 aromatic heterocycles. The van der Waals surface area contributed by atoms with Crippen molar-refractivity contribution in [2.24, 2.45) is 45.4 Å². The topological polar surface area (TPSA) is 88.1 Å². The summed E-state index contributed by atoms with van der Waals surface area (Å²) in [5.74, 6) is 1.88. The number of hydrogen-bond donors (Lipinski definition) is 3. The van der Waals surface area contributed by atoms with Gasteiger partial charge >= 0.3 is 0 Å². The van der Waals surface area contributed by atoms with Crippen LogP contribution in [0.25, 0.3) is 0 Å². The summed E-state index contributed by atoms with van der Waals surface area (Å²) >= 11 is 0. The van der Waals surface area contributed by atoms with Gasteiger partial charge in [-0.15, -0.1) is 0 Å². The quantitative estimate of drug-likeness (QED) is 0.398. The fourth-order valence-corrected chi connectivity index (χ4v) is 7.70. The molecular weight excluding hydrogens is 340 g/mol. The van der Waals surface area contributed by atoms with Gasteiger partial charge in [0, 0.05) is 24.1 Å². The van der Waals surface area contributed by atoms with Gasteiger partial charge in [0.1, 0.15) is 6.61 Å². The molecule has 0 heterocycles. The molecule has 4 aliphatic carbocycles. The Morgan fingerprint density at radius 3 is 2.67 bits per heavy atom. The first-order valence-electron chi connectivity index (χ1n) is 11.1. The Balaban J connectivity index is 1.56. The van der Waals surface area contributed by atoms with Crippen LogP contribution in [0.3, 0.4) is 0 Å². The van der Waals surface area contributed by atoms with Gasteiger partial charge in [0.25, 0.3) is 0 Å². The van der Waals surface area contributed by atoms with Crippen molar-refractivity contribution in [1.29, 1.82) is 0 Å². The van der Waals surface area contributed by atoms with Gasteiger partial charge in [-0.2, -0.15) is 0 Å². The minimum absolute atomic E-state index is 0.110. The molecule has 0 spiro atoms. The van der Waals surface area contributed by atoms with E-state index in [1.807, 2.05) is 6.21 Å². The van der Waals surface area contributed by atoms with Gasteiger partial charge in [-0.3, -0.25) is 0 Å². The third-order valence-electron chi connectivity index (χ3n) is 9.42. The monoisotopic (exact) mass is 378 g/mol. The second-order valence-corrected chi connectivity index (χ2v) is 10.3. The van der Waals surface area contributed by atoms with Crippen LogP contribution in [0.2, 0.25) is 0 Å². The molecule has 8 atom stereocenters. The predicted octanol–water partition coefficient (Wildman–Crippen LogP) is 3.08. The van der Waals surface area contributed by atoms with Crippen molar-refractivity contribution in [2.75, 3.05) is 13.2 Å². The summed E-state index contributed by atoms with van der Waals surface area (Å²) in [5, 5.41) is 26.4. The van der Waals surface area contributed by atoms with E-state index in [1.54, 1.807) is 0 Å². The number of oxime groups is 1. The summed E-state index contributed by atoms with van der Waals surface area (Å²) in [6.45, 7) is 5.66. The summed E-state index contributed by atoms with van der Waals surface area (Å²) in [6.07, 6.45) is 11.2. The van der Waals surface area contributed by atoms with E-state index in [4.69, 9.17) is 10.6 Å². The maximum absolute atomic E-state index is 12.0. The molecule has 0 aromatic rings. The predicted molar refractivity (Wildman–Crippen MR) is 106 cm³/mol. The van der Waals surface area contributed by atoms with E-state index in [-0.39, 0.29) is 22.9 Å². The van der Waals surface area contributed by atoms with Crippen molar-refractivity contribution in [1.82, 2.24) is 0 Å². The van der Waals surface area contributed by atoms with Crippen molar-refractivity contribution in [3.05, 3.63) is 0 Å². The average Bonchev–Trinajstić information content (AvgIpc) is 2.91. The van der Waals surface area contributed by atoms with Crippen LogP contribution in [0.15, 0.2) is 5.16 Å². The Hall–Kier alpha value is -0.650. The third-order valence-corrected chi connectivity index (χ3v) is 9.42. The molecule has 4 fully saturated rings. The second-order valence-electron chi connectivity index (χ2n) is 10.3. The Bertz CT molecular complexity index is 584. The molecule has 3 unspecified atom stereocenters. The number of hydrogen-bond acceptors (Lipinski definition) is 5. The van der Waals surface area contributed by atoms with Crippen LogP contribution in [0.1, 0.15) is 71.6 Å². The van der Waals surface area contributed by atoms with Crippen LogP contribution in [0, 0.1) is 34.5 Å². The molecule has 0 bridgehead atoms. The van der Waals surface area contributed by atoms with Crippen molar-refractivity contribution >= 4 is 6.21 Å². The van der Waals surface area contributed by atoms with Crippen LogP contribution in [-0.4, -0.2) is 41.3 Å². The second kappa shape index (κ2) is 7.00. The van der Waals surface area contributed by atoms with E-state index >= 15 is 0 Å². The first kappa shape index (κ1) is 19.7. The summed E-state index contributed by atoms with van der Waals surface area (Å²) in [7, 11) is 0. The molecule has 4 saturated carbocycles. The Morgan fingerprint density at radius 1 is 1.07 bits per heavy atom. The number of nitrogens with zero attached hydrogens (tertiary/aromatic N) is 1. The smallest absolute Gasteiger partial charge is 0.129 e. The zero-order valence-electron chi connectivity index (χ0n) is 17.1. The first-order chi connectivity index (χ1) is 12.8. The van der Waals surface area contributed by atoms with Crippen LogP contribution >= 0.6 is 0 Å². The van der Waals surface area contributed by atoms with E-state index in [9.17, 15) is 10.2 Å². The van der Waals surface area contributed by atoms with Gasteiger partial charge in [0.15, 0.2) is 0 Å². The molecule has 0 saturated heterocycles. The van der Waals surface area contributed by atoms with Crippen molar-refractivity contribution in [3.8, 4) is 0 Å². The molecular formula is C22H38N2O3. The van der Waals surface area contributed by atoms with Gasteiger partial charge < -0.3 is 20.8 Å². The summed E-state index contributed by atoms with van der Waals surface area (Å²) < 4.78 is 0. The highest BCUT2D eigenvalue weighted by atomic mass is 16.6. The van der Waals surface area contributed by atoms with Crippen LogP contribution in [-0.2, 0) is 4.84 Å². The van der Waals surface area contributed by atoms with E-state index in [0.29, 0.717) is 30.9 Å². The highest BCUT2D eigenvalue weighted by molar-refractivity contribution is 5.63. The maximum Gasteiger partial charge on any atom is 0.129 e. The average molecular weight is 379 g/mol. The molecule has 0 aliphatic heterocycles. The van der Waals surface area contributed by atoms with E-state index in [2.05, 4.69) is 19.0 Å². The van der Waals surface area contributed by atoms with Crippen molar-refractivity contribution < 1.29 is 15.1 Å². The molecule has 0 amide bonds. The molecule has 154 valence electrons. The molecule has 27 heavy (non-hydrogen) atoms. The zero-order valence-corrected chi connectivity index (χ0v) is 17.1. The molecule has 4 N–H and O–H groups in total. The molecule has 0 aromatic carbocycles. The number of aliphatic hydroxyl groups is 2. The lowest BCUT2D eigenvalue weighted by molar-refractivity contribution is -0.206. The Kier molecular flexibility index (Phi) is 5.09. The van der Waals surface area contributed by atoms with E-state index < -0.39 is 5.60 Å². The van der Waals surface area contributed by atoms with Gasteiger partial charge in [-0.1, -0.05) is 19.0 Å². The summed E-state index contributed by atoms with van der Waals surface area (Å²) in [4.78, 5) is 5.24. The molecule has 4 rings (SSSR count). The van der Waals surface area contributed by atoms with Gasteiger partial charge in [-0.05, 0) is 81.0 Å². The van der Waals surface area contributed by atoms with E-state index in [0.717, 1.165) is 51.4 Å². The highest BCUT2D eigenvalue weighted by Crippen LogP contribution is 2.68. The standard InChI is InChI=1S/C22H38N2O3/c1-20-8-6-17(25)13-15(20)3-4-19-18(20)7-9-21(2)16(5-10-22(19,21)26)14-24-27-12-11-23/h14-19,25-26H,3-13,23H2,1-2H3/t15?,16?,17?,18-,19-,20+,21-,22-/m1/s1. The van der Waals surface area contributed by atoms with Crippen molar-refractivity contribution in [3.63, 3.8) is 0 Å². The largest absolute Gasteiger partial charge is 0.395 e. The molecule has 4 aliphatic rings. The third kappa shape index (κ3) is 2.87. The maximum atomic E-state index is 12.0. The summed E-state index contributed by atoms with van der Waals surface area (Å²) in [6, 6.07) is 0. The van der Waals surface area contributed by atoms with Gasteiger partial charge in [0.2, 0.25) is 0 Å². The lowest BCUT2D eigenvalue weighted by Gasteiger charge is -2.63. The molecule has 0 radical (unpaired) electrons. The lowest BCUT2D eigenvalue weighted by Crippen LogP contribution is -2.62. The van der Waals surface area contributed by atoms with Gasteiger partial charge in [-0.25, -0.2) is 0 Å². The Morgan fingerprint density at radius 2 is 1.89 bits per heavy atom. The lowest BCUT2D eigenvalue weighted by atomic mass is 9.43. The van der Waals surface area contributed by atoms with Crippen LogP contribution in [0.5, 0.6) is 0 Å². The SMILES string of the molecule is C[C@]12CCC(O)CC1CC[C@@H]1[C@H]2CC[C@]2(C)C(C=NOCCN)CC[C@@]12O. The Labute approximate surface area is 163 Å². The molecule has 5 nitrogen and oxygen atoms in total. The summed E-state index contributed by atoms with van der Waals surface area (Å²) in [5.41, 5.74) is 5.05. The van der Waals surface area contributed by atoms with Crippen LogP contribution in [0.4, 0.5) is 0 Å².